The van der Waals surface area contributed by atoms with Crippen LogP contribution in [0, 0.1) is 0 Å². The molecule has 2 aliphatic rings. The lowest BCUT2D eigenvalue weighted by molar-refractivity contribution is -0.0782. The van der Waals surface area contributed by atoms with Crippen LogP contribution in [0.15, 0.2) is 0 Å². The highest BCUT2D eigenvalue weighted by Crippen LogP contribution is 2.39. The lowest BCUT2D eigenvalue weighted by Crippen LogP contribution is -2.46. The second kappa shape index (κ2) is 2.67. The Balaban J connectivity index is 2.25. The van der Waals surface area contributed by atoms with Gasteiger partial charge in [-0.15, -0.1) is 0 Å². The summed E-state index contributed by atoms with van der Waals surface area (Å²) in [6.45, 7) is 2.48. The maximum absolute atomic E-state index is 9.61. The summed E-state index contributed by atoms with van der Waals surface area (Å²) in [5, 5.41) is 19.1. The normalized spacial score (nSPS) is 52.8. The van der Waals surface area contributed by atoms with E-state index in [9.17, 15) is 10.2 Å². The summed E-state index contributed by atoms with van der Waals surface area (Å²) in [6, 6.07) is 0. The van der Waals surface area contributed by atoms with Crippen LogP contribution in [0.1, 0.15) is 13.3 Å². The summed E-state index contributed by atoms with van der Waals surface area (Å²) >= 11 is 0. The molecule has 2 rings (SSSR count). The molecule has 2 heterocycles. The van der Waals surface area contributed by atoms with E-state index in [0.29, 0.717) is 6.42 Å². The van der Waals surface area contributed by atoms with E-state index < -0.39 is 17.8 Å². The number of aliphatic hydroxyl groups excluding tert-OH is 2. The molecule has 2 saturated heterocycles. The van der Waals surface area contributed by atoms with Gasteiger partial charge in [0.1, 0.15) is 23.9 Å². The molecule has 4 atom stereocenters. The predicted molar refractivity (Wildman–Crippen MR) is 40.7 cm³/mol. The molecule has 0 aromatic heterocycles. The van der Waals surface area contributed by atoms with Gasteiger partial charge in [0.15, 0.2) is 0 Å². The van der Waals surface area contributed by atoms with Crippen molar-refractivity contribution in [2.45, 2.75) is 37.3 Å². The van der Waals surface area contributed by atoms with E-state index in [0.717, 1.165) is 0 Å². The zero-order valence-corrected chi connectivity index (χ0v) is 7.06. The van der Waals surface area contributed by atoms with E-state index in [1.165, 1.54) is 0 Å². The molecule has 0 radical (unpaired) electrons. The highest BCUT2D eigenvalue weighted by atomic mass is 16.6. The Morgan fingerprint density at radius 3 is 2.75 bits per heavy atom. The van der Waals surface area contributed by atoms with Crippen molar-refractivity contribution in [3.05, 3.63) is 0 Å². The summed E-state index contributed by atoms with van der Waals surface area (Å²) in [4.78, 5) is 0. The molecule has 4 heteroatoms. The van der Waals surface area contributed by atoms with Crippen molar-refractivity contribution in [1.29, 1.82) is 0 Å². The van der Waals surface area contributed by atoms with Crippen LogP contribution in [-0.2, 0) is 9.47 Å². The van der Waals surface area contributed by atoms with Crippen LogP contribution in [0.2, 0.25) is 0 Å². The van der Waals surface area contributed by atoms with Crippen LogP contribution >= 0.6 is 0 Å². The molecule has 70 valence electrons. The Hall–Kier alpha value is -0.160. The van der Waals surface area contributed by atoms with Gasteiger partial charge in [-0.2, -0.15) is 0 Å². The summed E-state index contributed by atoms with van der Waals surface area (Å²) < 4.78 is 10.7. The quantitative estimate of drug-likeness (QED) is 0.551. The molecule has 0 aromatic carbocycles. The van der Waals surface area contributed by atoms with Gasteiger partial charge in [0.2, 0.25) is 0 Å². The third-order valence-corrected chi connectivity index (χ3v) is 2.90. The van der Waals surface area contributed by atoms with E-state index in [1.54, 1.807) is 0 Å². The molecule has 0 aliphatic carbocycles. The molecule has 0 saturated carbocycles. The first-order valence-corrected chi connectivity index (χ1v) is 4.32. The van der Waals surface area contributed by atoms with E-state index >= 15 is 0 Å². The largest absolute Gasteiger partial charge is 0.388 e. The smallest absolute Gasteiger partial charge is 0.125 e. The molecule has 0 amide bonds. The zero-order valence-electron chi connectivity index (χ0n) is 7.06. The highest BCUT2D eigenvalue weighted by molar-refractivity contribution is 5.06. The van der Waals surface area contributed by atoms with Gasteiger partial charge in [-0.25, -0.2) is 0 Å². The summed E-state index contributed by atoms with van der Waals surface area (Å²) in [5.41, 5.74) is -0.639. The first-order chi connectivity index (χ1) is 5.70. The van der Waals surface area contributed by atoms with E-state index in [4.69, 9.17) is 9.47 Å². The van der Waals surface area contributed by atoms with Crippen molar-refractivity contribution in [3.8, 4) is 0 Å². The van der Waals surface area contributed by atoms with Gasteiger partial charge in [-0.05, 0) is 6.42 Å². The van der Waals surface area contributed by atoms with Crippen molar-refractivity contribution in [3.63, 3.8) is 0 Å². The average molecular weight is 174 g/mol. The second-order valence-corrected chi connectivity index (χ2v) is 3.46. The minimum absolute atomic E-state index is 0.273. The summed E-state index contributed by atoms with van der Waals surface area (Å²) in [6.07, 6.45) is -0.833. The Labute approximate surface area is 71.1 Å². The fraction of sp³-hybridized carbons (Fsp3) is 1.00. The van der Waals surface area contributed by atoms with Crippen LogP contribution in [0.25, 0.3) is 0 Å². The number of hydrogen-bond acceptors (Lipinski definition) is 4. The molecule has 0 unspecified atom stereocenters. The third kappa shape index (κ3) is 0.864. The van der Waals surface area contributed by atoms with E-state index in [-0.39, 0.29) is 19.3 Å². The van der Waals surface area contributed by atoms with Crippen molar-refractivity contribution >= 4 is 0 Å². The molecule has 0 spiro atoms. The van der Waals surface area contributed by atoms with Crippen LogP contribution in [0.5, 0.6) is 0 Å². The highest BCUT2D eigenvalue weighted by Gasteiger charge is 2.58. The Morgan fingerprint density at radius 2 is 2.17 bits per heavy atom. The number of aliphatic hydroxyl groups is 2. The maximum Gasteiger partial charge on any atom is 0.125 e. The molecule has 0 bridgehead atoms. The van der Waals surface area contributed by atoms with Crippen molar-refractivity contribution in [2.24, 2.45) is 0 Å². The van der Waals surface area contributed by atoms with Gasteiger partial charge in [0.05, 0.1) is 13.2 Å². The SMILES string of the molecule is CC[C@]12OC[C@@H](O)[C@H]1OC[C@@H]2O. The van der Waals surface area contributed by atoms with E-state index in [1.807, 2.05) is 6.92 Å². The van der Waals surface area contributed by atoms with Gasteiger partial charge in [0, 0.05) is 0 Å². The van der Waals surface area contributed by atoms with Gasteiger partial charge in [0.25, 0.3) is 0 Å². The molecule has 4 nitrogen and oxygen atoms in total. The predicted octanol–water partition coefficient (Wildman–Crippen LogP) is -0.714. The van der Waals surface area contributed by atoms with Gasteiger partial charge < -0.3 is 19.7 Å². The Morgan fingerprint density at radius 1 is 1.42 bits per heavy atom. The Bertz CT molecular complexity index is 184. The fourth-order valence-corrected chi connectivity index (χ4v) is 2.15. The zero-order chi connectivity index (χ0) is 8.77. The van der Waals surface area contributed by atoms with Crippen LogP contribution in [0.3, 0.4) is 0 Å². The van der Waals surface area contributed by atoms with Crippen LogP contribution < -0.4 is 0 Å². The van der Waals surface area contributed by atoms with Crippen molar-refractivity contribution in [2.75, 3.05) is 13.2 Å². The minimum Gasteiger partial charge on any atom is -0.388 e. The van der Waals surface area contributed by atoms with Crippen molar-refractivity contribution < 1.29 is 19.7 Å². The van der Waals surface area contributed by atoms with Crippen LogP contribution in [0.4, 0.5) is 0 Å². The summed E-state index contributed by atoms with van der Waals surface area (Å²) in [7, 11) is 0. The van der Waals surface area contributed by atoms with Gasteiger partial charge >= 0.3 is 0 Å². The monoisotopic (exact) mass is 174 g/mol. The lowest BCUT2D eigenvalue weighted by atomic mass is 9.90. The third-order valence-electron chi connectivity index (χ3n) is 2.90. The molecule has 2 N–H and O–H groups in total. The maximum atomic E-state index is 9.61. The molecular formula is C8H14O4. The first kappa shape index (κ1) is 8.44. The number of fused-ring (bicyclic) bond motifs is 1. The molecule has 0 aromatic rings. The molecular weight excluding hydrogens is 160 g/mol. The number of ether oxygens (including phenoxy) is 2. The summed E-state index contributed by atoms with van der Waals surface area (Å²) in [5.74, 6) is 0. The molecule has 2 aliphatic heterocycles. The minimum atomic E-state index is -0.639. The fourth-order valence-electron chi connectivity index (χ4n) is 2.15. The van der Waals surface area contributed by atoms with E-state index in [2.05, 4.69) is 0 Å². The Kier molecular flexibility index (Phi) is 1.88. The number of rotatable bonds is 1. The van der Waals surface area contributed by atoms with Gasteiger partial charge in [-0.1, -0.05) is 6.92 Å². The van der Waals surface area contributed by atoms with Gasteiger partial charge in [-0.3, -0.25) is 0 Å². The average Bonchev–Trinajstić information content (AvgIpc) is 2.55. The standard InChI is InChI=1S/C8H14O4/c1-2-8-6(10)4-11-7(8)5(9)3-12-8/h5-7,9-10H,2-4H2,1H3/t5-,6+,7-,8-/m1/s1. The second-order valence-electron chi connectivity index (χ2n) is 3.46. The molecule has 2 fully saturated rings. The lowest BCUT2D eigenvalue weighted by Gasteiger charge is -2.28. The van der Waals surface area contributed by atoms with Crippen LogP contribution in [-0.4, -0.2) is 47.3 Å². The first-order valence-electron chi connectivity index (χ1n) is 4.32. The van der Waals surface area contributed by atoms with Crippen molar-refractivity contribution in [1.82, 2.24) is 0 Å². The topological polar surface area (TPSA) is 58.9 Å². The molecule has 12 heavy (non-hydrogen) atoms. The number of hydrogen-bond donors (Lipinski definition) is 2.